The zero-order valence-corrected chi connectivity index (χ0v) is 14.6. The third-order valence-electron chi connectivity index (χ3n) is 4.45. The lowest BCUT2D eigenvalue weighted by molar-refractivity contribution is -0.152. The van der Waals surface area contributed by atoms with Crippen LogP contribution in [0.15, 0.2) is 47.0 Å². The number of halogens is 1. The summed E-state index contributed by atoms with van der Waals surface area (Å²) in [5.41, 5.74) is 2.01. The molecule has 1 aromatic heterocycles. The summed E-state index contributed by atoms with van der Waals surface area (Å²) in [6.07, 6.45) is 0.562. The van der Waals surface area contributed by atoms with E-state index in [2.05, 4.69) is 10.1 Å². The van der Waals surface area contributed by atoms with Gasteiger partial charge in [-0.15, -0.1) is 0 Å². The highest BCUT2D eigenvalue weighted by molar-refractivity contribution is 5.73. The van der Waals surface area contributed by atoms with Gasteiger partial charge in [-0.2, -0.15) is 4.98 Å². The van der Waals surface area contributed by atoms with Crippen molar-refractivity contribution in [2.45, 2.75) is 20.0 Å². The third-order valence-corrected chi connectivity index (χ3v) is 4.45. The zero-order chi connectivity index (χ0) is 18.8. The Kier molecular flexibility index (Phi) is 4.58. The highest BCUT2D eigenvalue weighted by Gasteiger charge is 2.27. The van der Waals surface area contributed by atoms with Crippen LogP contribution in [-0.4, -0.2) is 22.7 Å². The summed E-state index contributed by atoms with van der Waals surface area (Å²) in [6, 6.07) is 12.3. The highest BCUT2D eigenvalue weighted by Crippen LogP contribution is 2.27. The Morgan fingerprint density at radius 2 is 2.15 bits per heavy atom. The molecule has 1 aliphatic rings. The smallest absolute Gasteiger partial charge is 0.313 e. The van der Waals surface area contributed by atoms with E-state index in [1.807, 2.05) is 24.3 Å². The maximum Gasteiger partial charge on any atom is 0.313 e. The fraction of sp³-hybridized carbons (Fsp3) is 0.250. The summed E-state index contributed by atoms with van der Waals surface area (Å²) in [5, 5.41) is 3.81. The first kappa shape index (κ1) is 17.2. The van der Waals surface area contributed by atoms with Gasteiger partial charge in [0, 0.05) is 5.56 Å². The predicted molar refractivity (Wildman–Crippen MR) is 93.4 cm³/mol. The number of carbonyl (C=O) groups excluding carboxylic acids is 1. The average molecular weight is 368 g/mol. The maximum atomic E-state index is 13.7. The van der Waals surface area contributed by atoms with Gasteiger partial charge in [0.15, 0.2) is 6.61 Å². The van der Waals surface area contributed by atoms with Gasteiger partial charge in [-0.25, -0.2) is 4.39 Å². The molecule has 0 saturated carbocycles. The van der Waals surface area contributed by atoms with Crippen LogP contribution >= 0.6 is 0 Å². The van der Waals surface area contributed by atoms with E-state index in [0.717, 1.165) is 11.3 Å². The van der Waals surface area contributed by atoms with Crippen molar-refractivity contribution in [3.05, 3.63) is 65.3 Å². The Balaban J connectivity index is 1.37. The van der Waals surface area contributed by atoms with Crippen LogP contribution in [0.2, 0.25) is 0 Å². The van der Waals surface area contributed by atoms with Crippen molar-refractivity contribution in [1.82, 2.24) is 10.1 Å². The largest absolute Gasteiger partial charge is 0.492 e. The normalized spacial score (nSPS) is 15.7. The van der Waals surface area contributed by atoms with Gasteiger partial charge >= 0.3 is 5.97 Å². The molecular weight excluding hydrogens is 351 g/mol. The number of aromatic nitrogens is 2. The first-order valence-corrected chi connectivity index (χ1v) is 8.56. The lowest BCUT2D eigenvalue weighted by Crippen LogP contribution is -2.29. The number of ether oxygens (including phenoxy) is 2. The molecule has 0 amide bonds. The van der Waals surface area contributed by atoms with Gasteiger partial charge in [-0.3, -0.25) is 4.79 Å². The standard InChI is InChI=1S/C20H17FN2O4/c1-12-6-7-14(9-16(12)21)19-22-18(27-23-19)11-26-20(24)15-8-13-4-2-3-5-17(13)25-10-15/h2-7,9,15H,8,10-11H2,1H3. The number of hydrogen-bond acceptors (Lipinski definition) is 6. The molecule has 7 heteroatoms. The minimum atomic E-state index is -0.384. The van der Waals surface area contributed by atoms with E-state index in [1.165, 1.54) is 6.07 Å². The van der Waals surface area contributed by atoms with Crippen molar-refractivity contribution in [3.8, 4) is 17.1 Å². The number of para-hydroxylation sites is 1. The molecule has 4 rings (SSSR count). The number of esters is 1. The summed E-state index contributed by atoms with van der Waals surface area (Å²) in [7, 11) is 0. The molecule has 138 valence electrons. The third kappa shape index (κ3) is 3.67. The zero-order valence-electron chi connectivity index (χ0n) is 14.6. The molecule has 6 nitrogen and oxygen atoms in total. The van der Waals surface area contributed by atoms with E-state index in [-0.39, 0.29) is 42.6 Å². The molecule has 2 aromatic carbocycles. The minimum absolute atomic E-state index is 0.141. The Hall–Kier alpha value is -3.22. The number of rotatable bonds is 4. The number of aryl methyl sites for hydroxylation is 1. The SMILES string of the molecule is Cc1ccc(-c2noc(COC(=O)C3COc4ccccc4C3)n2)cc1F. The Morgan fingerprint density at radius 1 is 1.30 bits per heavy atom. The average Bonchev–Trinajstić information content (AvgIpc) is 3.17. The van der Waals surface area contributed by atoms with Gasteiger partial charge < -0.3 is 14.0 Å². The summed E-state index contributed by atoms with van der Waals surface area (Å²) in [5.74, 6) is 0.0849. The van der Waals surface area contributed by atoms with Crippen LogP contribution in [0.3, 0.4) is 0 Å². The van der Waals surface area contributed by atoms with Gasteiger partial charge in [-0.1, -0.05) is 35.5 Å². The number of nitrogens with zero attached hydrogens (tertiary/aromatic N) is 2. The van der Waals surface area contributed by atoms with E-state index >= 15 is 0 Å². The Labute approximate surface area is 154 Å². The lowest BCUT2D eigenvalue weighted by atomic mass is 9.97. The second-order valence-electron chi connectivity index (χ2n) is 6.40. The molecular formula is C20H17FN2O4. The first-order valence-electron chi connectivity index (χ1n) is 8.56. The van der Waals surface area contributed by atoms with Crippen molar-refractivity contribution in [2.24, 2.45) is 5.92 Å². The summed E-state index contributed by atoms with van der Waals surface area (Å²) < 4.78 is 29.7. The van der Waals surface area contributed by atoms with Crippen LogP contribution in [0.1, 0.15) is 17.0 Å². The molecule has 0 spiro atoms. The monoisotopic (exact) mass is 368 g/mol. The highest BCUT2D eigenvalue weighted by atomic mass is 19.1. The number of fused-ring (bicyclic) bond motifs is 1. The van der Waals surface area contributed by atoms with Crippen molar-refractivity contribution < 1.29 is 23.2 Å². The van der Waals surface area contributed by atoms with Crippen LogP contribution in [0.25, 0.3) is 11.4 Å². The molecule has 27 heavy (non-hydrogen) atoms. The molecule has 3 aromatic rings. The second-order valence-corrected chi connectivity index (χ2v) is 6.40. The Morgan fingerprint density at radius 3 is 3.00 bits per heavy atom. The minimum Gasteiger partial charge on any atom is -0.492 e. The second kappa shape index (κ2) is 7.19. The Bertz CT molecular complexity index is 986. The predicted octanol–water partition coefficient (Wildman–Crippen LogP) is 3.48. The van der Waals surface area contributed by atoms with Gasteiger partial charge in [0.1, 0.15) is 18.2 Å². The van der Waals surface area contributed by atoms with Crippen molar-refractivity contribution in [1.29, 1.82) is 0 Å². The fourth-order valence-electron chi connectivity index (χ4n) is 2.89. The molecule has 0 bridgehead atoms. The number of carbonyl (C=O) groups is 1. The number of benzene rings is 2. The van der Waals surface area contributed by atoms with Crippen LogP contribution in [0.4, 0.5) is 4.39 Å². The number of hydrogen-bond donors (Lipinski definition) is 0. The van der Waals surface area contributed by atoms with Crippen LogP contribution < -0.4 is 4.74 Å². The van der Waals surface area contributed by atoms with E-state index in [9.17, 15) is 9.18 Å². The molecule has 0 aliphatic carbocycles. The van der Waals surface area contributed by atoms with Crippen molar-refractivity contribution >= 4 is 5.97 Å². The topological polar surface area (TPSA) is 74.5 Å². The lowest BCUT2D eigenvalue weighted by Gasteiger charge is -2.23. The molecule has 0 fully saturated rings. The van der Waals surface area contributed by atoms with Gasteiger partial charge in [0.05, 0.1) is 5.92 Å². The van der Waals surface area contributed by atoms with Gasteiger partial charge in [-0.05, 0) is 36.6 Å². The molecule has 0 N–H and O–H groups in total. The first-order chi connectivity index (χ1) is 13.1. The van der Waals surface area contributed by atoms with Gasteiger partial charge in [0.25, 0.3) is 5.89 Å². The van der Waals surface area contributed by atoms with E-state index in [0.29, 0.717) is 17.5 Å². The molecule has 1 atom stereocenters. The quantitative estimate of drug-likeness (QED) is 0.657. The molecule has 0 radical (unpaired) electrons. The van der Waals surface area contributed by atoms with Crippen LogP contribution in [0, 0.1) is 18.7 Å². The van der Waals surface area contributed by atoms with Crippen LogP contribution in [-0.2, 0) is 22.6 Å². The summed E-state index contributed by atoms with van der Waals surface area (Å²) >= 11 is 0. The van der Waals surface area contributed by atoms with E-state index in [4.69, 9.17) is 14.0 Å². The fourth-order valence-corrected chi connectivity index (χ4v) is 2.89. The molecule has 0 saturated heterocycles. The summed E-state index contributed by atoms with van der Waals surface area (Å²) in [6.45, 7) is 1.81. The maximum absolute atomic E-state index is 13.7. The van der Waals surface area contributed by atoms with E-state index in [1.54, 1.807) is 19.1 Å². The summed E-state index contributed by atoms with van der Waals surface area (Å²) in [4.78, 5) is 16.4. The van der Waals surface area contributed by atoms with Crippen LogP contribution in [0.5, 0.6) is 5.75 Å². The molecule has 1 aliphatic heterocycles. The van der Waals surface area contributed by atoms with E-state index < -0.39 is 0 Å². The molecule has 2 heterocycles. The van der Waals surface area contributed by atoms with Crippen molar-refractivity contribution in [3.63, 3.8) is 0 Å². The van der Waals surface area contributed by atoms with Crippen molar-refractivity contribution in [2.75, 3.05) is 6.61 Å². The molecule has 1 unspecified atom stereocenters. The van der Waals surface area contributed by atoms with Gasteiger partial charge in [0.2, 0.25) is 5.82 Å².